The molecule has 2 aromatic carbocycles. The summed E-state index contributed by atoms with van der Waals surface area (Å²) in [7, 11) is 0. The van der Waals surface area contributed by atoms with Gasteiger partial charge in [-0.1, -0.05) is 24.3 Å². The van der Waals surface area contributed by atoms with Crippen LogP contribution in [0.25, 0.3) is 0 Å². The average molecular weight is 459 g/mol. The van der Waals surface area contributed by atoms with Gasteiger partial charge in [0.1, 0.15) is 17.7 Å². The zero-order valence-corrected chi connectivity index (χ0v) is 18.3. The molecule has 0 saturated carbocycles. The van der Waals surface area contributed by atoms with Crippen LogP contribution in [0.15, 0.2) is 48.5 Å². The maximum atomic E-state index is 13.3. The van der Waals surface area contributed by atoms with Crippen LogP contribution in [0.2, 0.25) is 0 Å². The van der Waals surface area contributed by atoms with Crippen LogP contribution in [0.3, 0.4) is 0 Å². The van der Waals surface area contributed by atoms with E-state index in [0.717, 1.165) is 5.56 Å². The third-order valence-corrected chi connectivity index (χ3v) is 5.94. The Balaban J connectivity index is 1.41. The number of carboxylic acid groups (broad SMARTS) is 1. The first-order chi connectivity index (χ1) is 15.8. The van der Waals surface area contributed by atoms with Crippen molar-refractivity contribution in [3.63, 3.8) is 0 Å². The third kappa shape index (κ3) is 7.66. The molecule has 0 aliphatic carbocycles. The van der Waals surface area contributed by atoms with E-state index in [-0.39, 0.29) is 36.4 Å². The maximum absolute atomic E-state index is 13.3. The number of likely N-dealkylation sites (tertiary alicyclic amines) is 1. The lowest BCUT2D eigenvalue weighted by molar-refractivity contribution is -0.142. The molecule has 0 aromatic heterocycles. The zero-order valence-electron chi connectivity index (χ0n) is 18.3. The zero-order chi connectivity index (χ0) is 23.8. The molecule has 8 heteroatoms. The molecule has 3 rings (SSSR count). The summed E-state index contributed by atoms with van der Waals surface area (Å²) in [6.45, 7) is 1.08. The fourth-order valence-electron chi connectivity index (χ4n) is 4.06. The minimum Gasteiger partial charge on any atom is -0.480 e. The summed E-state index contributed by atoms with van der Waals surface area (Å²) in [5.74, 6) is -2.15. The van der Waals surface area contributed by atoms with Crippen molar-refractivity contribution in [3.05, 3.63) is 71.3 Å². The van der Waals surface area contributed by atoms with Crippen LogP contribution in [-0.2, 0) is 27.2 Å². The molecule has 2 aromatic rings. The number of aryl methyl sites for hydroxylation is 1. The Morgan fingerprint density at radius 3 is 2.33 bits per heavy atom. The third-order valence-electron chi connectivity index (χ3n) is 5.94. The molecule has 1 aliphatic rings. The smallest absolute Gasteiger partial charge is 0.326 e. The number of halogens is 2. The Labute approximate surface area is 191 Å². The van der Waals surface area contributed by atoms with E-state index in [1.807, 2.05) is 0 Å². The van der Waals surface area contributed by atoms with E-state index < -0.39 is 17.8 Å². The highest BCUT2D eigenvalue weighted by molar-refractivity contribution is 5.84. The normalized spacial score (nSPS) is 15.2. The van der Waals surface area contributed by atoms with E-state index in [1.54, 1.807) is 17.0 Å². The summed E-state index contributed by atoms with van der Waals surface area (Å²) in [6.07, 6.45) is 2.36. The first kappa shape index (κ1) is 24.4. The first-order valence-corrected chi connectivity index (χ1v) is 11.1. The topological polar surface area (TPSA) is 86.7 Å². The second kappa shape index (κ2) is 11.5. The minimum absolute atomic E-state index is 0.00685. The van der Waals surface area contributed by atoms with Crippen LogP contribution in [0, 0.1) is 17.6 Å². The highest BCUT2D eigenvalue weighted by atomic mass is 19.1. The molecule has 2 amide bonds. The van der Waals surface area contributed by atoms with Crippen LogP contribution in [-0.4, -0.2) is 46.9 Å². The predicted octanol–water partition coefficient (Wildman–Crippen LogP) is 3.34. The van der Waals surface area contributed by atoms with Crippen molar-refractivity contribution in [1.29, 1.82) is 0 Å². The summed E-state index contributed by atoms with van der Waals surface area (Å²) in [5, 5.41) is 12.0. The fourth-order valence-corrected chi connectivity index (χ4v) is 4.06. The van der Waals surface area contributed by atoms with E-state index in [2.05, 4.69) is 5.32 Å². The molecule has 1 atom stereocenters. The molecular formula is C25H28F2N2O4. The highest BCUT2D eigenvalue weighted by Crippen LogP contribution is 2.21. The van der Waals surface area contributed by atoms with E-state index >= 15 is 0 Å². The number of carbonyl (C=O) groups excluding carboxylic acids is 2. The van der Waals surface area contributed by atoms with Crippen molar-refractivity contribution >= 4 is 17.8 Å². The average Bonchev–Trinajstić information content (AvgIpc) is 2.79. The Morgan fingerprint density at radius 2 is 1.70 bits per heavy atom. The van der Waals surface area contributed by atoms with Gasteiger partial charge in [-0.25, -0.2) is 13.6 Å². The second-order valence-electron chi connectivity index (χ2n) is 8.45. The molecule has 1 aliphatic heterocycles. The van der Waals surface area contributed by atoms with Crippen molar-refractivity contribution in [1.82, 2.24) is 10.2 Å². The molecule has 176 valence electrons. The molecule has 33 heavy (non-hydrogen) atoms. The van der Waals surface area contributed by atoms with Crippen molar-refractivity contribution in [2.45, 2.75) is 44.6 Å². The molecule has 1 fully saturated rings. The van der Waals surface area contributed by atoms with E-state index in [9.17, 15) is 28.3 Å². The Hall–Kier alpha value is -3.29. The Bertz CT molecular complexity index is 973. The SMILES string of the molecule is O=C(CC1CCN(C(=O)CCc2cccc(F)c2)CC1)NC(Cc1ccc(F)cc1)C(=O)O. The molecule has 2 N–H and O–H groups in total. The number of rotatable bonds is 9. The number of aliphatic carboxylic acids is 1. The predicted molar refractivity (Wildman–Crippen MR) is 118 cm³/mol. The molecule has 0 bridgehead atoms. The quantitative estimate of drug-likeness (QED) is 0.604. The molecule has 0 spiro atoms. The van der Waals surface area contributed by atoms with Gasteiger partial charge >= 0.3 is 5.97 Å². The monoisotopic (exact) mass is 458 g/mol. The van der Waals surface area contributed by atoms with Gasteiger partial charge in [-0.2, -0.15) is 0 Å². The second-order valence-corrected chi connectivity index (χ2v) is 8.45. The lowest BCUT2D eigenvalue weighted by Crippen LogP contribution is -2.44. The van der Waals surface area contributed by atoms with Gasteiger partial charge in [-0.15, -0.1) is 0 Å². The number of benzene rings is 2. The van der Waals surface area contributed by atoms with Gasteiger partial charge in [0, 0.05) is 32.4 Å². The largest absolute Gasteiger partial charge is 0.480 e. The first-order valence-electron chi connectivity index (χ1n) is 11.1. The highest BCUT2D eigenvalue weighted by Gasteiger charge is 2.26. The van der Waals surface area contributed by atoms with Crippen molar-refractivity contribution in [2.75, 3.05) is 13.1 Å². The van der Waals surface area contributed by atoms with Crippen molar-refractivity contribution in [2.24, 2.45) is 5.92 Å². The van der Waals surface area contributed by atoms with Gasteiger partial charge < -0.3 is 15.3 Å². The molecular weight excluding hydrogens is 430 g/mol. The number of nitrogens with one attached hydrogen (secondary N) is 1. The number of hydrogen-bond acceptors (Lipinski definition) is 3. The van der Waals surface area contributed by atoms with Crippen LogP contribution in [0.4, 0.5) is 8.78 Å². The summed E-state index contributed by atoms with van der Waals surface area (Å²) in [6, 6.07) is 10.6. The lowest BCUT2D eigenvalue weighted by atomic mass is 9.92. The van der Waals surface area contributed by atoms with E-state index in [0.29, 0.717) is 44.3 Å². The van der Waals surface area contributed by atoms with Gasteiger partial charge in [-0.05, 0) is 60.6 Å². The Morgan fingerprint density at radius 1 is 1.00 bits per heavy atom. The van der Waals surface area contributed by atoms with Gasteiger partial charge in [-0.3, -0.25) is 9.59 Å². The van der Waals surface area contributed by atoms with Crippen molar-refractivity contribution < 1.29 is 28.3 Å². The molecule has 1 unspecified atom stereocenters. The van der Waals surface area contributed by atoms with Gasteiger partial charge in [0.25, 0.3) is 0 Å². The Kier molecular flexibility index (Phi) is 8.52. The summed E-state index contributed by atoms with van der Waals surface area (Å²) < 4.78 is 26.3. The van der Waals surface area contributed by atoms with Gasteiger partial charge in [0.15, 0.2) is 0 Å². The van der Waals surface area contributed by atoms with Crippen molar-refractivity contribution in [3.8, 4) is 0 Å². The number of nitrogens with zero attached hydrogens (tertiary/aromatic N) is 1. The van der Waals surface area contributed by atoms with Gasteiger partial charge in [0.05, 0.1) is 0 Å². The fraction of sp³-hybridized carbons (Fsp3) is 0.400. The summed E-state index contributed by atoms with van der Waals surface area (Å²) in [4.78, 5) is 38.2. The standard InChI is InChI=1S/C25H28F2N2O4/c26-20-7-4-18(5-8-20)15-22(25(32)33)28-23(30)16-19-10-12-29(13-11-19)24(31)9-6-17-2-1-3-21(27)14-17/h1-5,7-8,14,19,22H,6,9-13,15-16H2,(H,28,30)(H,32,33). The number of carboxylic acids is 1. The van der Waals surface area contributed by atoms with Gasteiger partial charge in [0.2, 0.25) is 11.8 Å². The van der Waals surface area contributed by atoms with Crippen LogP contribution >= 0.6 is 0 Å². The van der Waals surface area contributed by atoms with Crippen LogP contribution < -0.4 is 5.32 Å². The minimum atomic E-state index is -1.15. The molecule has 0 radical (unpaired) electrons. The number of amides is 2. The molecule has 6 nitrogen and oxygen atoms in total. The van der Waals surface area contributed by atoms with E-state index in [1.165, 1.54) is 36.4 Å². The number of carbonyl (C=O) groups is 3. The number of piperidine rings is 1. The summed E-state index contributed by atoms with van der Waals surface area (Å²) in [5.41, 5.74) is 1.40. The molecule has 1 heterocycles. The van der Waals surface area contributed by atoms with Crippen LogP contribution in [0.5, 0.6) is 0 Å². The van der Waals surface area contributed by atoms with E-state index in [4.69, 9.17) is 0 Å². The number of hydrogen-bond donors (Lipinski definition) is 2. The maximum Gasteiger partial charge on any atom is 0.326 e. The summed E-state index contributed by atoms with van der Waals surface area (Å²) >= 11 is 0. The lowest BCUT2D eigenvalue weighted by Gasteiger charge is -2.32. The molecule has 1 saturated heterocycles. The van der Waals surface area contributed by atoms with Crippen LogP contribution in [0.1, 0.15) is 36.8 Å².